The van der Waals surface area contributed by atoms with Gasteiger partial charge in [-0.3, -0.25) is 10.1 Å². The van der Waals surface area contributed by atoms with Crippen LogP contribution in [0.1, 0.15) is 37.6 Å². The molecule has 6 heteroatoms. The molecule has 1 aromatic carbocycles. The van der Waals surface area contributed by atoms with Gasteiger partial charge in [0.15, 0.2) is 0 Å². The minimum absolute atomic E-state index is 0.0493. The lowest BCUT2D eigenvalue weighted by Crippen LogP contribution is -2.13. The second-order valence-electron chi connectivity index (χ2n) is 4.89. The number of hydrogen-bond donors (Lipinski definition) is 2. The van der Waals surface area contributed by atoms with Crippen molar-refractivity contribution in [3.05, 3.63) is 46.7 Å². The first kappa shape index (κ1) is 15.4. The summed E-state index contributed by atoms with van der Waals surface area (Å²) in [4.78, 5) is 0. The number of ether oxygens (including phenoxy) is 1. The maximum Gasteiger partial charge on any atom is 0.132 e. The third-order valence-electron chi connectivity index (χ3n) is 3.32. The monoisotopic (exact) mass is 306 g/mol. The van der Waals surface area contributed by atoms with Gasteiger partial charge in [-0.15, -0.1) is 0 Å². The van der Waals surface area contributed by atoms with E-state index >= 15 is 0 Å². The van der Waals surface area contributed by atoms with Crippen LogP contribution in [0.25, 0.3) is 0 Å². The second-order valence-corrected chi connectivity index (χ2v) is 5.32. The van der Waals surface area contributed by atoms with Crippen molar-refractivity contribution in [1.82, 2.24) is 9.78 Å². The second kappa shape index (κ2) is 6.63. The average molecular weight is 307 g/mol. The molecular weight excluding hydrogens is 288 g/mol. The van der Waals surface area contributed by atoms with Crippen molar-refractivity contribution >= 4 is 17.4 Å². The third-order valence-corrected chi connectivity index (χ3v) is 3.55. The summed E-state index contributed by atoms with van der Waals surface area (Å²) in [5.74, 6) is 0.444. The molecule has 2 aromatic rings. The molecule has 0 aliphatic carbocycles. The summed E-state index contributed by atoms with van der Waals surface area (Å²) in [6, 6.07) is 7.30. The largest absolute Gasteiger partial charge is 0.486 e. The van der Waals surface area contributed by atoms with Crippen LogP contribution in [0.15, 0.2) is 30.5 Å². The van der Waals surface area contributed by atoms with E-state index in [2.05, 4.69) is 18.9 Å². The third kappa shape index (κ3) is 3.76. The molecule has 0 amide bonds. The molecule has 0 bridgehead atoms. The number of amidine groups is 1. The Bertz CT molecular complexity index is 638. The molecule has 3 N–H and O–H groups in total. The van der Waals surface area contributed by atoms with Crippen LogP contribution >= 0.6 is 11.6 Å². The van der Waals surface area contributed by atoms with Gasteiger partial charge >= 0.3 is 0 Å². The lowest BCUT2D eigenvalue weighted by molar-refractivity contribution is 0.297. The van der Waals surface area contributed by atoms with Crippen LogP contribution in [-0.4, -0.2) is 15.6 Å². The maximum absolute atomic E-state index is 7.55. The number of nitrogens with zero attached hydrogens (tertiary/aromatic N) is 2. The number of aromatic nitrogens is 2. The van der Waals surface area contributed by atoms with E-state index in [9.17, 15) is 0 Å². The molecule has 2 rings (SSSR count). The van der Waals surface area contributed by atoms with E-state index in [0.717, 1.165) is 12.1 Å². The fourth-order valence-electron chi connectivity index (χ4n) is 1.88. The highest BCUT2D eigenvalue weighted by Gasteiger charge is 2.10. The van der Waals surface area contributed by atoms with Crippen molar-refractivity contribution in [3.8, 4) is 5.75 Å². The maximum atomic E-state index is 7.55. The van der Waals surface area contributed by atoms with Gasteiger partial charge in [-0.05, 0) is 37.6 Å². The van der Waals surface area contributed by atoms with Crippen molar-refractivity contribution in [2.45, 2.75) is 32.9 Å². The summed E-state index contributed by atoms with van der Waals surface area (Å²) in [6.45, 7) is 4.54. The van der Waals surface area contributed by atoms with Crippen LogP contribution in [0.3, 0.4) is 0 Å². The van der Waals surface area contributed by atoms with Gasteiger partial charge in [0, 0.05) is 17.3 Å². The normalized spacial score (nSPS) is 12.1. The van der Waals surface area contributed by atoms with Gasteiger partial charge in [0.25, 0.3) is 0 Å². The fraction of sp³-hybridized carbons (Fsp3) is 0.333. The molecule has 0 spiro atoms. The molecule has 0 saturated heterocycles. The van der Waals surface area contributed by atoms with Crippen LogP contribution < -0.4 is 10.5 Å². The Labute approximate surface area is 129 Å². The molecule has 5 nitrogen and oxygen atoms in total. The Morgan fingerprint density at radius 2 is 2.24 bits per heavy atom. The number of nitrogens with two attached hydrogens (primary N) is 1. The Morgan fingerprint density at radius 3 is 2.90 bits per heavy atom. The Hall–Kier alpha value is -2.01. The van der Waals surface area contributed by atoms with Crippen molar-refractivity contribution in [3.63, 3.8) is 0 Å². The SMILES string of the molecule is CCC(C)n1ccc(COc2cc(Cl)ccc2C(=N)N)n1. The summed E-state index contributed by atoms with van der Waals surface area (Å²) in [7, 11) is 0. The highest BCUT2D eigenvalue weighted by molar-refractivity contribution is 6.30. The number of benzene rings is 1. The zero-order valence-corrected chi connectivity index (χ0v) is 12.9. The summed E-state index contributed by atoms with van der Waals surface area (Å²) in [5, 5.41) is 12.6. The van der Waals surface area contributed by atoms with Crippen molar-refractivity contribution < 1.29 is 4.74 Å². The molecule has 0 aliphatic heterocycles. The van der Waals surface area contributed by atoms with Gasteiger partial charge in [-0.2, -0.15) is 5.10 Å². The first-order valence-electron chi connectivity index (χ1n) is 6.82. The van der Waals surface area contributed by atoms with Gasteiger partial charge in [0.05, 0.1) is 11.3 Å². The van der Waals surface area contributed by atoms with E-state index in [1.807, 2.05) is 16.9 Å². The Balaban J connectivity index is 2.11. The molecule has 0 aliphatic rings. The Kier molecular flexibility index (Phi) is 4.85. The molecule has 1 unspecified atom stereocenters. The Morgan fingerprint density at radius 1 is 1.48 bits per heavy atom. The summed E-state index contributed by atoms with van der Waals surface area (Å²) >= 11 is 5.96. The molecule has 0 fully saturated rings. The van der Waals surface area contributed by atoms with Crippen LogP contribution in [0, 0.1) is 5.41 Å². The van der Waals surface area contributed by atoms with E-state index in [1.54, 1.807) is 18.2 Å². The first-order valence-corrected chi connectivity index (χ1v) is 7.19. The number of hydrogen-bond acceptors (Lipinski definition) is 3. The zero-order valence-electron chi connectivity index (χ0n) is 12.1. The quantitative estimate of drug-likeness (QED) is 0.634. The molecular formula is C15H19ClN4O. The molecule has 112 valence electrons. The number of nitrogen functional groups attached to an aromatic ring is 1. The smallest absolute Gasteiger partial charge is 0.132 e. The van der Waals surface area contributed by atoms with Crippen LogP contribution in [-0.2, 0) is 6.61 Å². The summed E-state index contributed by atoms with van der Waals surface area (Å²) < 4.78 is 7.63. The predicted octanol–water partition coefficient (Wildman–Crippen LogP) is 3.37. The van der Waals surface area contributed by atoms with Crippen molar-refractivity contribution in [2.24, 2.45) is 5.73 Å². The summed E-state index contributed by atoms with van der Waals surface area (Å²) in [6.07, 6.45) is 2.96. The lowest BCUT2D eigenvalue weighted by atomic mass is 10.2. The molecule has 1 heterocycles. The number of halogens is 1. The average Bonchev–Trinajstić information content (AvgIpc) is 2.93. The van der Waals surface area contributed by atoms with E-state index in [-0.39, 0.29) is 5.84 Å². The molecule has 21 heavy (non-hydrogen) atoms. The molecule has 0 radical (unpaired) electrons. The van der Waals surface area contributed by atoms with E-state index in [1.165, 1.54) is 0 Å². The van der Waals surface area contributed by atoms with Crippen molar-refractivity contribution in [2.75, 3.05) is 0 Å². The predicted molar refractivity (Wildman–Crippen MR) is 84.0 cm³/mol. The van der Waals surface area contributed by atoms with Crippen LogP contribution in [0.2, 0.25) is 5.02 Å². The minimum Gasteiger partial charge on any atom is -0.486 e. The van der Waals surface area contributed by atoms with Gasteiger partial charge in [0.2, 0.25) is 0 Å². The highest BCUT2D eigenvalue weighted by atomic mass is 35.5. The topological polar surface area (TPSA) is 76.9 Å². The highest BCUT2D eigenvalue weighted by Crippen LogP contribution is 2.24. The van der Waals surface area contributed by atoms with Crippen LogP contribution in [0.4, 0.5) is 0 Å². The van der Waals surface area contributed by atoms with Crippen molar-refractivity contribution in [1.29, 1.82) is 5.41 Å². The van der Waals surface area contributed by atoms with E-state index < -0.39 is 0 Å². The van der Waals surface area contributed by atoms with Crippen LogP contribution in [0.5, 0.6) is 5.75 Å². The van der Waals surface area contributed by atoms with Gasteiger partial charge < -0.3 is 10.5 Å². The standard InChI is InChI=1S/C15H19ClN4O/c1-3-10(2)20-7-6-12(19-20)9-21-14-8-11(16)4-5-13(14)15(17)18/h4-8,10H,3,9H2,1-2H3,(H3,17,18). The van der Waals surface area contributed by atoms with E-state index in [4.69, 9.17) is 27.5 Å². The molecule has 0 saturated carbocycles. The summed E-state index contributed by atoms with van der Waals surface area (Å²) in [5.41, 5.74) is 6.89. The zero-order chi connectivity index (χ0) is 15.4. The van der Waals surface area contributed by atoms with Gasteiger partial charge in [-0.1, -0.05) is 18.5 Å². The number of nitrogens with one attached hydrogen (secondary N) is 1. The first-order chi connectivity index (χ1) is 10.0. The van der Waals surface area contributed by atoms with Gasteiger partial charge in [-0.25, -0.2) is 0 Å². The van der Waals surface area contributed by atoms with E-state index in [0.29, 0.717) is 29.0 Å². The minimum atomic E-state index is -0.0493. The number of rotatable bonds is 6. The molecule has 1 aromatic heterocycles. The molecule has 1 atom stereocenters. The lowest BCUT2D eigenvalue weighted by Gasteiger charge is -2.10. The van der Waals surface area contributed by atoms with Gasteiger partial charge in [0.1, 0.15) is 18.2 Å². The fourth-order valence-corrected chi connectivity index (χ4v) is 2.04.